The molecule has 0 saturated heterocycles. The molecule has 0 aliphatic rings. The molecule has 2 aromatic rings. The minimum Gasteiger partial charge on any atom is -0.324 e. The van der Waals surface area contributed by atoms with Crippen LogP contribution >= 0.6 is 0 Å². The van der Waals surface area contributed by atoms with Gasteiger partial charge in [-0.2, -0.15) is 0 Å². The fourth-order valence-corrected chi connectivity index (χ4v) is 1.80. The molecule has 0 radical (unpaired) electrons. The summed E-state index contributed by atoms with van der Waals surface area (Å²) in [7, 11) is 0. The average Bonchev–Trinajstić information content (AvgIpc) is 2.33. The molecule has 0 heterocycles. The van der Waals surface area contributed by atoms with E-state index >= 15 is 0 Å². The largest absolute Gasteiger partial charge is 0.324 e. The van der Waals surface area contributed by atoms with E-state index in [1.54, 1.807) is 0 Å². The third-order valence-corrected chi connectivity index (χ3v) is 2.80. The van der Waals surface area contributed by atoms with Gasteiger partial charge in [-0.25, -0.2) is 0 Å². The van der Waals surface area contributed by atoms with E-state index in [4.69, 9.17) is 5.73 Å². The van der Waals surface area contributed by atoms with Crippen molar-refractivity contribution < 1.29 is 0 Å². The topological polar surface area (TPSA) is 26.0 Å². The van der Waals surface area contributed by atoms with Crippen molar-refractivity contribution in [1.82, 2.24) is 0 Å². The van der Waals surface area contributed by atoms with Gasteiger partial charge in [-0.1, -0.05) is 60.2 Å². The zero-order valence-corrected chi connectivity index (χ0v) is 9.56. The van der Waals surface area contributed by atoms with Crippen LogP contribution in [-0.2, 0) is 6.42 Å². The molecule has 1 atom stereocenters. The van der Waals surface area contributed by atoms with Crippen LogP contribution < -0.4 is 5.73 Å². The quantitative estimate of drug-likeness (QED) is 0.828. The highest BCUT2D eigenvalue weighted by molar-refractivity contribution is 5.25. The molecule has 82 valence electrons. The Morgan fingerprint density at radius 1 is 0.938 bits per heavy atom. The summed E-state index contributed by atoms with van der Waals surface area (Å²) in [6, 6.07) is 18.9. The van der Waals surface area contributed by atoms with Gasteiger partial charge in [-0.3, -0.25) is 0 Å². The molecular formula is C15H17N. The maximum Gasteiger partial charge on any atom is 0.0335 e. The van der Waals surface area contributed by atoms with Gasteiger partial charge in [0.15, 0.2) is 0 Å². The van der Waals surface area contributed by atoms with E-state index < -0.39 is 0 Å². The van der Waals surface area contributed by atoms with Gasteiger partial charge in [-0.05, 0) is 24.5 Å². The summed E-state index contributed by atoms with van der Waals surface area (Å²) in [5.41, 5.74) is 9.94. The molecule has 2 rings (SSSR count). The molecule has 0 unspecified atom stereocenters. The standard InChI is InChI=1S/C15H17N/c1-12-7-9-13(10-8-12)11-15(16)14-5-3-2-4-6-14/h2-10,15H,11,16H2,1H3/t15-/m0/s1. The van der Waals surface area contributed by atoms with Crippen LogP contribution in [0.25, 0.3) is 0 Å². The highest BCUT2D eigenvalue weighted by Gasteiger charge is 2.05. The van der Waals surface area contributed by atoms with Gasteiger partial charge in [0.1, 0.15) is 0 Å². The normalized spacial score (nSPS) is 12.4. The van der Waals surface area contributed by atoms with E-state index in [-0.39, 0.29) is 6.04 Å². The SMILES string of the molecule is Cc1ccc(C[C@H](N)c2ccccc2)cc1. The molecular weight excluding hydrogens is 194 g/mol. The van der Waals surface area contributed by atoms with Crippen molar-refractivity contribution in [1.29, 1.82) is 0 Å². The first-order valence-corrected chi connectivity index (χ1v) is 5.62. The lowest BCUT2D eigenvalue weighted by atomic mass is 9.99. The Hall–Kier alpha value is -1.60. The summed E-state index contributed by atoms with van der Waals surface area (Å²) in [5.74, 6) is 0. The number of aryl methyl sites for hydroxylation is 1. The van der Waals surface area contributed by atoms with Crippen LogP contribution in [0.3, 0.4) is 0 Å². The van der Waals surface area contributed by atoms with Crippen LogP contribution in [0.15, 0.2) is 54.6 Å². The van der Waals surface area contributed by atoms with Crippen LogP contribution in [0, 0.1) is 6.92 Å². The first-order valence-electron chi connectivity index (χ1n) is 5.62. The zero-order chi connectivity index (χ0) is 11.4. The molecule has 0 amide bonds. The molecule has 0 aliphatic heterocycles. The van der Waals surface area contributed by atoms with Gasteiger partial charge in [0, 0.05) is 6.04 Å². The van der Waals surface area contributed by atoms with E-state index in [0.29, 0.717) is 0 Å². The summed E-state index contributed by atoms with van der Waals surface area (Å²) in [6.45, 7) is 2.10. The fraction of sp³-hybridized carbons (Fsp3) is 0.200. The van der Waals surface area contributed by atoms with E-state index in [2.05, 4.69) is 43.3 Å². The molecule has 0 saturated carbocycles. The van der Waals surface area contributed by atoms with E-state index in [1.165, 1.54) is 16.7 Å². The Kier molecular flexibility index (Phi) is 3.37. The van der Waals surface area contributed by atoms with Crippen LogP contribution in [0.4, 0.5) is 0 Å². The first-order chi connectivity index (χ1) is 7.75. The van der Waals surface area contributed by atoms with Gasteiger partial charge in [0.25, 0.3) is 0 Å². The van der Waals surface area contributed by atoms with Crippen LogP contribution in [0.2, 0.25) is 0 Å². The van der Waals surface area contributed by atoms with Gasteiger partial charge >= 0.3 is 0 Å². The lowest BCUT2D eigenvalue weighted by molar-refractivity contribution is 0.722. The van der Waals surface area contributed by atoms with Crippen molar-refractivity contribution in [3.63, 3.8) is 0 Å². The summed E-state index contributed by atoms with van der Waals surface area (Å²) in [5, 5.41) is 0. The molecule has 16 heavy (non-hydrogen) atoms. The van der Waals surface area contributed by atoms with Crippen molar-refractivity contribution in [3.05, 3.63) is 71.3 Å². The Balaban J connectivity index is 2.08. The van der Waals surface area contributed by atoms with Crippen LogP contribution in [0.5, 0.6) is 0 Å². The molecule has 0 aromatic heterocycles. The van der Waals surface area contributed by atoms with Crippen molar-refractivity contribution in [3.8, 4) is 0 Å². The smallest absolute Gasteiger partial charge is 0.0335 e. The monoisotopic (exact) mass is 211 g/mol. The molecule has 0 fully saturated rings. The number of hydrogen-bond acceptors (Lipinski definition) is 1. The highest BCUT2D eigenvalue weighted by atomic mass is 14.6. The molecule has 2 aromatic carbocycles. The minimum atomic E-state index is 0.0870. The number of benzene rings is 2. The van der Waals surface area contributed by atoms with Gasteiger partial charge in [0.05, 0.1) is 0 Å². The first kappa shape index (κ1) is 10.9. The second kappa shape index (κ2) is 4.95. The second-order valence-corrected chi connectivity index (χ2v) is 4.21. The lowest BCUT2D eigenvalue weighted by Crippen LogP contribution is -2.13. The Bertz CT molecular complexity index is 431. The molecule has 1 nitrogen and oxygen atoms in total. The fourth-order valence-electron chi connectivity index (χ4n) is 1.80. The summed E-state index contributed by atoms with van der Waals surface area (Å²) >= 11 is 0. The molecule has 1 heteroatoms. The van der Waals surface area contributed by atoms with Crippen LogP contribution in [0.1, 0.15) is 22.7 Å². The van der Waals surface area contributed by atoms with Gasteiger partial charge < -0.3 is 5.73 Å². The van der Waals surface area contributed by atoms with Gasteiger partial charge in [0.2, 0.25) is 0 Å². The third kappa shape index (κ3) is 2.71. The van der Waals surface area contributed by atoms with Crippen molar-refractivity contribution in [2.45, 2.75) is 19.4 Å². The maximum absolute atomic E-state index is 6.17. The second-order valence-electron chi connectivity index (χ2n) is 4.21. The van der Waals surface area contributed by atoms with E-state index in [1.807, 2.05) is 18.2 Å². The Labute approximate surface area is 96.9 Å². The number of rotatable bonds is 3. The zero-order valence-electron chi connectivity index (χ0n) is 9.56. The average molecular weight is 211 g/mol. The van der Waals surface area contributed by atoms with Crippen molar-refractivity contribution in [2.75, 3.05) is 0 Å². The summed E-state index contributed by atoms with van der Waals surface area (Å²) < 4.78 is 0. The van der Waals surface area contributed by atoms with Crippen molar-refractivity contribution in [2.24, 2.45) is 5.73 Å². The molecule has 2 N–H and O–H groups in total. The highest BCUT2D eigenvalue weighted by Crippen LogP contribution is 2.15. The third-order valence-electron chi connectivity index (χ3n) is 2.80. The number of nitrogens with two attached hydrogens (primary N) is 1. The Morgan fingerprint density at radius 3 is 2.19 bits per heavy atom. The molecule has 0 aliphatic carbocycles. The molecule has 0 spiro atoms. The predicted octanol–water partition coefficient (Wildman–Crippen LogP) is 3.24. The number of hydrogen-bond donors (Lipinski definition) is 1. The Morgan fingerprint density at radius 2 is 1.56 bits per heavy atom. The lowest BCUT2D eigenvalue weighted by Gasteiger charge is -2.12. The van der Waals surface area contributed by atoms with Crippen molar-refractivity contribution >= 4 is 0 Å². The minimum absolute atomic E-state index is 0.0870. The predicted molar refractivity (Wildman–Crippen MR) is 68.3 cm³/mol. The van der Waals surface area contributed by atoms with E-state index in [9.17, 15) is 0 Å². The van der Waals surface area contributed by atoms with E-state index in [0.717, 1.165) is 6.42 Å². The summed E-state index contributed by atoms with van der Waals surface area (Å²) in [6.07, 6.45) is 0.893. The van der Waals surface area contributed by atoms with Gasteiger partial charge in [-0.15, -0.1) is 0 Å². The maximum atomic E-state index is 6.17. The summed E-state index contributed by atoms with van der Waals surface area (Å²) in [4.78, 5) is 0. The van der Waals surface area contributed by atoms with Crippen LogP contribution in [-0.4, -0.2) is 0 Å². The molecule has 0 bridgehead atoms.